The highest BCUT2D eigenvalue weighted by atomic mass is 16.5. The van der Waals surface area contributed by atoms with E-state index in [1.165, 1.54) is 14.2 Å². The number of anilines is 1. The van der Waals surface area contributed by atoms with E-state index in [4.69, 9.17) is 18.9 Å². The van der Waals surface area contributed by atoms with E-state index < -0.39 is 23.5 Å². The average molecular weight is 591 g/mol. The fourth-order valence-electron chi connectivity index (χ4n) is 5.04. The smallest absolute Gasteiger partial charge is 0.341 e. The van der Waals surface area contributed by atoms with Gasteiger partial charge in [0.2, 0.25) is 0 Å². The molecule has 0 saturated carbocycles. The van der Waals surface area contributed by atoms with Crippen molar-refractivity contribution in [3.05, 3.63) is 130 Å². The molecule has 4 aromatic carbocycles. The van der Waals surface area contributed by atoms with Crippen LogP contribution >= 0.6 is 0 Å². The van der Waals surface area contributed by atoms with E-state index in [0.29, 0.717) is 28.5 Å². The van der Waals surface area contributed by atoms with Crippen LogP contribution in [0.1, 0.15) is 44.3 Å². The molecular formula is C36H34N2O6. The van der Waals surface area contributed by atoms with Crippen LogP contribution < -0.4 is 19.5 Å². The van der Waals surface area contributed by atoms with Gasteiger partial charge in [-0.25, -0.2) is 4.79 Å². The third-order valence-electron chi connectivity index (χ3n) is 7.52. The number of nitrogens with one attached hydrogen (secondary N) is 1. The lowest BCUT2D eigenvalue weighted by Crippen LogP contribution is -2.36. The number of carbonyl (C=O) groups excluding carboxylic acids is 2. The summed E-state index contributed by atoms with van der Waals surface area (Å²) in [4.78, 5) is 31.4. The number of aryl methyl sites for hydroxylation is 2. The second-order valence-corrected chi connectivity index (χ2v) is 10.4. The molecule has 44 heavy (non-hydrogen) atoms. The quantitative estimate of drug-likeness (QED) is 0.205. The van der Waals surface area contributed by atoms with Crippen LogP contribution in [-0.4, -0.2) is 39.4 Å². The third kappa shape index (κ3) is 6.06. The van der Waals surface area contributed by atoms with Crippen molar-refractivity contribution in [3.63, 3.8) is 0 Å². The SMILES string of the molecule is COC(=O)c1cc(NC(=O)C2(c3ccc(OC)c(OC)c3)C=CC=N2)ccc1OC(c1ccc(C)cc1)c1ccc(C)cc1. The van der Waals surface area contributed by atoms with Gasteiger partial charge in [0.05, 0.1) is 21.3 Å². The molecule has 0 radical (unpaired) electrons. The largest absolute Gasteiger partial charge is 0.493 e. The van der Waals surface area contributed by atoms with Crippen molar-refractivity contribution >= 4 is 23.8 Å². The van der Waals surface area contributed by atoms with E-state index in [1.807, 2.05) is 62.4 Å². The van der Waals surface area contributed by atoms with Gasteiger partial charge in [0.15, 0.2) is 17.0 Å². The van der Waals surface area contributed by atoms with Gasteiger partial charge < -0.3 is 24.3 Å². The Bertz CT molecular complexity index is 1670. The van der Waals surface area contributed by atoms with E-state index in [0.717, 1.165) is 22.3 Å². The predicted octanol–water partition coefficient (Wildman–Crippen LogP) is 6.75. The van der Waals surface area contributed by atoms with Gasteiger partial charge in [-0.15, -0.1) is 0 Å². The molecule has 1 aliphatic rings. The normalized spacial score (nSPS) is 15.2. The highest BCUT2D eigenvalue weighted by molar-refractivity contribution is 6.04. The first-order chi connectivity index (χ1) is 21.3. The van der Waals surface area contributed by atoms with E-state index >= 15 is 0 Å². The summed E-state index contributed by atoms with van der Waals surface area (Å²) in [6, 6.07) is 26.2. The average Bonchev–Trinajstić information content (AvgIpc) is 3.56. The predicted molar refractivity (Wildman–Crippen MR) is 170 cm³/mol. The first kappa shape index (κ1) is 30.1. The first-order valence-corrected chi connectivity index (χ1v) is 14.1. The Hall–Kier alpha value is -5.37. The van der Waals surface area contributed by atoms with Crippen molar-refractivity contribution in [1.82, 2.24) is 0 Å². The zero-order valence-electron chi connectivity index (χ0n) is 25.3. The molecule has 0 fully saturated rings. The molecule has 1 atom stereocenters. The second-order valence-electron chi connectivity index (χ2n) is 10.4. The number of carbonyl (C=O) groups is 2. The molecule has 1 amide bonds. The number of methoxy groups -OCH3 is 3. The highest BCUT2D eigenvalue weighted by Crippen LogP contribution is 2.38. The van der Waals surface area contributed by atoms with Gasteiger partial charge in [-0.2, -0.15) is 0 Å². The lowest BCUT2D eigenvalue weighted by Gasteiger charge is -2.25. The maximum atomic E-state index is 13.8. The summed E-state index contributed by atoms with van der Waals surface area (Å²) < 4.78 is 22.5. The van der Waals surface area contributed by atoms with Crippen LogP contribution in [0.3, 0.4) is 0 Å². The Labute approximate surface area is 257 Å². The highest BCUT2D eigenvalue weighted by Gasteiger charge is 2.39. The fraction of sp³-hybridized carbons (Fsp3) is 0.194. The molecular weight excluding hydrogens is 556 g/mol. The number of hydrogen-bond donors (Lipinski definition) is 1. The molecule has 4 aromatic rings. The van der Waals surface area contributed by atoms with Crippen molar-refractivity contribution in [1.29, 1.82) is 0 Å². The standard InChI is InChI=1S/C36H34N2O6/c1-23-7-11-25(12-8-23)33(26-13-9-24(2)10-14-26)44-30-18-16-28(22-29(30)34(39)43-5)38-35(40)36(19-6-20-37-36)27-15-17-31(41-3)32(21-27)42-4/h6-22,33H,1-5H3,(H,38,40). The molecule has 224 valence electrons. The summed E-state index contributed by atoms with van der Waals surface area (Å²) in [7, 11) is 4.38. The Balaban J connectivity index is 1.48. The van der Waals surface area contributed by atoms with Crippen LogP contribution in [0.2, 0.25) is 0 Å². The summed E-state index contributed by atoms with van der Waals surface area (Å²) in [5, 5.41) is 2.93. The Morgan fingerprint density at radius 2 is 1.36 bits per heavy atom. The van der Waals surface area contributed by atoms with Gasteiger partial charge in [-0.05, 0) is 73.0 Å². The van der Waals surface area contributed by atoms with Crippen LogP contribution in [0.5, 0.6) is 17.2 Å². The number of hydrogen-bond acceptors (Lipinski definition) is 7. The minimum Gasteiger partial charge on any atom is -0.493 e. The molecule has 0 aliphatic carbocycles. The van der Waals surface area contributed by atoms with Gasteiger partial charge in [0.25, 0.3) is 5.91 Å². The summed E-state index contributed by atoms with van der Waals surface area (Å²) in [5.41, 5.74) is 3.89. The number of ether oxygens (including phenoxy) is 4. The zero-order chi connectivity index (χ0) is 31.3. The summed E-state index contributed by atoms with van der Waals surface area (Å²) >= 11 is 0. The summed E-state index contributed by atoms with van der Waals surface area (Å²) in [5.74, 6) is 0.298. The number of rotatable bonds is 10. The fourth-order valence-corrected chi connectivity index (χ4v) is 5.04. The number of nitrogens with zero attached hydrogens (tertiary/aromatic N) is 1. The minimum atomic E-state index is -1.35. The molecule has 8 heteroatoms. The van der Waals surface area contributed by atoms with E-state index in [9.17, 15) is 9.59 Å². The van der Waals surface area contributed by atoms with Crippen LogP contribution in [0.15, 0.2) is 102 Å². The van der Waals surface area contributed by atoms with Gasteiger partial charge in [0, 0.05) is 11.9 Å². The van der Waals surface area contributed by atoms with Crippen molar-refractivity contribution in [3.8, 4) is 17.2 Å². The lowest BCUT2D eigenvalue weighted by molar-refractivity contribution is -0.119. The van der Waals surface area contributed by atoms with Crippen molar-refractivity contribution < 1.29 is 28.5 Å². The molecule has 0 spiro atoms. The molecule has 1 N–H and O–H groups in total. The molecule has 0 aromatic heterocycles. The van der Waals surface area contributed by atoms with Gasteiger partial charge >= 0.3 is 5.97 Å². The van der Waals surface area contributed by atoms with Crippen molar-refractivity contribution in [2.24, 2.45) is 4.99 Å². The van der Waals surface area contributed by atoms with E-state index in [2.05, 4.69) is 10.3 Å². The molecule has 0 bridgehead atoms. The molecule has 1 aliphatic heterocycles. The summed E-state index contributed by atoms with van der Waals surface area (Å²) in [6.45, 7) is 4.05. The van der Waals surface area contributed by atoms with Gasteiger partial charge in [-0.1, -0.05) is 65.7 Å². The lowest BCUT2D eigenvalue weighted by atomic mass is 9.89. The topological polar surface area (TPSA) is 95.5 Å². The van der Waals surface area contributed by atoms with Crippen LogP contribution in [0, 0.1) is 13.8 Å². The van der Waals surface area contributed by atoms with E-state index in [-0.39, 0.29) is 5.56 Å². The van der Waals surface area contributed by atoms with Crippen LogP contribution in [0.4, 0.5) is 5.69 Å². The number of benzene rings is 4. The molecule has 0 saturated heterocycles. The van der Waals surface area contributed by atoms with Crippen molar-refractivity contribution in [2.75, 3.05) is 26.6 Å². The number of aliphatic imine (C=N–C) groups is 1. The molecule has 5 rings (SSSR count). The summed E-state index contributed by atoms with van der Waals surface area (Å²) in [6.07, 6.45) is 4.49. The zero-order valence-corrected chi connectivity index (χ0v) is 25.3. The Morgan fingerprint density at radius 1 is 0.750 bits per heavy atom. The van der Waals surface area contributed by atoms with Gasteiger partial charge in [0.1, 0.15) is 17.4 Å². The van der Waals surface area contributed by atoms with Gasteiger partial charge in [-0.3, -0.25) is 9.79 Å². The molecule has 1 unspecified atom stereocenters. The Morgan fingerprint density at radius 3 is 1.91 bits per heavy atom. The maximum Gasteiger partial charge on any atom is 0.341 e. The van der Waals surface area contributed by atoms with Crippen LogP contribution in [0.25, 0.3) is 0 Å². The second kappa shape index (κ2) is 12.9. The maximum absolute atomic E-state index is 13.8. The van der Waals surface area contributed by atoms with Crippen LogP contribution in [-0.2, 0) is 15.1 Å². The first-order valence-electron chi connectivity index (χ1n) is 14.1. The molecule has 1 heterocycles. The number of esters is 1. The number of allylic oxidation sites excluding steroid dienone is 1. The molecule has 8 nitrogen and oxygen atoms in total. The van der Waals surface area contributed by atoms with E-state index in [1.54, 1.807) is 61.9 Å². The number of amides is 1. The Kier molecular flexibility index (Phi) is 8.81. The third-order valence-corrected chi connectivity index (χ3v) is 7.52. The minimum absolute atomic E-state index is 0.167. The monoisotopic (exact) mass is 590 g/mol. The van der Waals surface area contributed by atoms with Crippen molar-refractivity contribution in [2.45, 2.75) is 25.5 Å².